The molecule has 1 heterocycles. The quantitative estimate of drug-likeness (QED) is 0.324. The van der Waals surface area contributed by atoms with Crippen LogP contribution < -0.4 is 6.67 Å². The standard InChI is InChI=1S/C26H19At2N/c1-15-11-13-17-16-7-3-5-9-19(16)26(21(17)14-12-15)20-10-6-4-8-18(20)22-23(27)25(28)29(2)24(22)26/h3-15H,1-2H3. The van der Waals surface area contributed by atoms with E-state index in [0.717, 1.165) is 0 Å². The molecule has 3 aliphatic carbocycles. The molecule has 0 saturated heterocycles. The first-order chi connectivity index (χ1) is 14.1. The van der Waals surface area contributed by atoms with E-state index in [-0.39, 0.29) is 5.41 Å². The van der Waals surface area contributed by atoms with E-state index in [4.69, 9.17) is 0 Å². The Kier molecular flexibility index (Phi) is 4.05. The average Bonchev–Trinajstić information content (AvgIpc) is 3.21. The zero-order chi connectivity index (χ0) is 19.9. The predicted octanol–water partition coefficient (Wildman–Crippen LogP) is 4.22. The van der Waals surface area contributed by atoms with Gasteiger partial charge in [0.2, 0.25) is 0 Å². The van der Waals surface area contributed by atoms with Gasteiger partial charge in [0.25, 0.3) is 0 Å². The number of fused-ring (bicyclic) bond motifs is 9. The zero-order valence-corrected chi connectivity index (χ0v) is 22.1. The molecular formula is C26H19At2N. The molecule has 0 fully saturated rings. The molecule has 0 radical (unpaired) electrons. The van der Waals surface area contributed by atoms with Crippen molar-refractivity contribution in [2.45, 2.75) is 12.3 Å². The molecule has 6 rings (SSSR count). The van der Waals surface area contributed by atoms with E-state index in [9.17, 15) is 0 Å². The topological polar surface area (TPSA) is 4.93 Å². The number of hydrogen-bond acceptors (Lipinski definition) is 0. The van der Waals surface area contributed by atoms with Crippen molar-refractivity contribution < 1.29 is 49.4 Å². The maximum atomic E-state index is 2.49. The molecule has 0 N–H and O–H groups in total. The van der Waals surface area contributed by atoms with Crippen LogP contribution in [-0.2, 0) is 12.5 Å². The third-order valence-electron chi connectivity index (χ3n) is 6.67. The first-order valence-electron chi connectivity index (χ1n) is 9.92. The number of allylic oxidation sites excluding steroid dienone is 6. The number of nitrogens with zero attached hydrogens (tertiary/aromatic N) is 1. The summed E-state index contributed by atoms with van der Waals surface area (Å²) in [4.78, 5) is 0. The molecule has 2 atom stereocenters. The molecule has 0 amide bonds. The van der Waals surface area contributed by atoms with Gasteiger partial charge in [-0.3, -0.25) is 0 Å². The minimum absolute atomic E-state index is 0.222. The number of aromatic nitrogens is 1. The van der Waals surface area contributed by atoms with Crippen LogP contribution in [0.25, 0.3) is 16.7 Å². The van der Waals surface area contributed by atoms with Gasteiger partial charge in [-0.1, -0.05) is 0 Å². The first kappa shape index (κ1) is 18.5. The van der Waals surface area contributed by atoms with Crippen LogP contribution in [0.5, 0.6) is 0 Å². The van der Waals surface area contributed by atoms with Crippen LogP contribution >= 0.6 is 0 Å². The van der Waals surface area contributed by atoms with Gasteiger partial charge in [-0.25, -0.2) is 0 Å². The molecule has 142 valence electrons. The van der Waals surface area contributed by atoms with Crippen molar-refractivity contribution in [3.63, 3.8) is 0 Å². The Morgan fingerprint density at radius 1 is 0.862 bits per heavy atom. The Bertz CT molecular complexity index is 1300. The van der Waals surface area contributed by atoms with Crippen LogP contribution in [0.2, 0.25) is 0 Å². The first-order valence-corrected chi connectivity index (χ1v) is 12.9. The van der Waals surface area contributed by atoms with Crippen molar-refractivity contribution >= 4 is 12.2 Å². The van der Waals surface area contributed by atoms with E-state index < -0.39 is 0 Å². The fraction of sp³-hybridized carbons (Fsp3) is 0.154. The van der Waals surface area contributed by atoms with E-state index in [1.54, 1.807) is 49.4 Å². The summed E-state index contributed by atoms with van der Waals surface area (Å²) in [5.41, 5.74) is 11.2. The fourth-order valence-corrected chi connectivity index (χ4v) is 7.43. The van der Waals surface area contributed by atoms with E-state index in [2.05, 4.69) is 91.4 Å². The van der Waals surface area contributed by atoms with Crippen molar-refractivity contribution in [2.24, 2.45) is 13.0 Å². The van der Waals surface area contributed by atoms with Crippen LogP contribution in [0.4, 0.5) is 0 Å². The molecule has 0 saturated carbocycles. The predicted molar refractivity (Wildman–Crippen MR) is 111 cm³/mol. The zero-order valence-electron chi connectivity index (χ0n) is 16.2. The minimum atomic E-state index is -0.222. The molecule has 3 aliphatic rings. The van der Waals surface area contributed by atoms with Gasteiger partial charge in [0.15, 0.2) is 0 Å². The van der Waals surface area contributed by atoms with Crippen LogP contribution in [0.3, 0.4) is 0 Å². The summed E-state index contributed by atoms with van der Waals surface area (Å²) in [6.45, 7) is 2.27. The molecule has 1 spiro atoms. The van der Waals surface area contributed by atoms with Crippen molar-refractivity contribution in [1.29, 1.82) is 0 Å². The Morgan fingerprint density at radius 3 is 2.24 bits per heavy atom. The maximum absolute atomic E-state index is 2.49. The van der Waals surface area contributed by atoms with Gasteiger partial charge in [0.05, 0.1) is 0 Å². The normalized spacial score (nSPS) is 23.2. The van der Waals surface area contributed by atoms with Crippen molar-refractivity contribution in [3.8, 4) is 11.1 Å². The number of hydrogen-bond donors (Lipinski definition) is 0. The SMILES string of the molecule is CC1C=CC2=C(C=C1)C1(c3ccccc32)c2ccccc2-c2c([At])c([At])n(C)c21. The number of rotatable bonds is 0. The Morgan fingerprint density at radius 2 is 1.48 bits per heavy atom. The van der Waals surface area contributed by atoms with Gasteiger partial charge in [-0.05, 0) is 0 Å². The summed E-state index contributed by atoms with van der Waals surface area (Å²) in [5, 5.41) is 0. The Balaban J connectivity index is 1.86. The number of benzene rings is 2. The molecule has 0 aliphatic heterocycles. The Hall–Kier alpha value is -1.29. The summed E-state index contributed by atoms with van der Waals surface area (Å²) in [7, 11) is 2.27. The second-order valence-corrected chi connectivity index (χ2v) is 11.0. The molecule has 1 nitrogen and oxygen atoms in total. The monoisotopic (exact) mass is 765 g/mol. The summed E-state index contributed by atoms with van der Waals surface area (Å²) >= 11 is 3.60. The van der Waals surface area contributed by atoms with Crippen molar-refractivity contribution in [3.05, 3.63) is 101 Å². The van der Waals surface area contributed by atoms with Gasteiger partial charge in [-0.2, -0.15) is 0 Å². The molecular weight excluding hydrogens is 746 g/mol. The van der Waals surface area contributed by atoms with E-state index in [1.165, 1.54) is 51.3 Å². The van der Waals surface area contributed by atoms with Crippen LogP contribution in [-0.4, -0.2) is 4.57 Å². The van der Waals surface area contributed by atoms with E-state index >= 15 is 0 Å². The fourth-order valence-electron chi connectivity index (χ4n) is 5.50. The molecule has 29 heavy (non-hydrogen) atoms. The Labute approximate surface area is 201 Å². The van der Waals surface area contributed by atoms with Gasteiger partial charge in [0, 0.05) is 0 Å². The molecule has 1 aromatic heterocycles. The second-order valence-electron chi connectivity index (χ2n) is 8.13. The van der Waals surface area contributed by atoms with Crippen molar-refractivity contribution in [1.82, 2.24) is 4.57 Å². The van der Waals surface area contributed by atoms with Gasteiger partial charge in [0.1, 0.15) is 0 Å². The second kappa shape index (κ2) is 6.35. The third-order valence-corrected chi connectivity index (χ3v) is 11.8. The summed E-state index contributed by atoms with van der Waals surface area (Å²) in [5.74, 6) is 0.448. The van der Waals surface area contributed by atoms with Gasteiger partial charge >= 0.3 is 203 Å². The molecule has 0 bridgehead atoms. The van der Waals surface area contributed by atoms with Crippen LogP contribution in [0.1, 0.15) is 29.3 Å². The summed E-state index contributed by atoms with van der Waals surface area (Å²) in [6, 6.07) is 18.2. The molecule has 2 aromatic carbocycles. The van der Waals surface area contributed by atoms with Crippen molar-refractivity contribution in [2.75, 3.05) is 0 Å². The average molecular weight is 765 g/mol. The van der Waals surface area contributed by atoms with Gasteiger partial charge in [-0.15, -0.1) is 0 Å². The summed E-state index contributed by atoms with van der Waals surface area (Å²) in [6.07, 6.45) is 9.48. The van der Waals surface area contributed by atoms with E-state index in [0.29, 0.717) is 5.92 Å². The molecule has 2 unspecified atom stereocenters. The van der Waals surface area contributed by atoms with Crippen LogP contribution in [0, 0.1) is 55.4 Å². The molecule has 3 heteroatoms. The van der Waals surface area contributed by atoms with Gasteiger partial charge < -0.3 is 0 Å². The van der Waals surface area contributed by atoms with E-state index in [1.807, 2.05) is 0 Å². The molecule has 3 aromatic rings. The summed E-state index contributed by atoms with van der Waals surface area (Å²) < 4.78 is 5.41. The van der Waals surface area contributed by atoms with Crippen LogP contribution in [0.15, 0.2) is 78.4 Å². The third kappa shape index (κ3) is 2.17.